The zero-order valence-electron chi connectivity index (χ0n) is 21.5. The number of hydrogen-bond acceptors (Lipinski definition) is 6. The van der Waals surface area contributed by atoms with Gasteiger partial charge in [0.25, 0.3) is 0 Å². The molecule has 8 rings (SSSR count). The average Bonchev–Trinajstić information content (AvgIpc) is 3.68. The third kappa shape index (κ3) is 4.39. The van der Waals surface area contributed by atoms with E-state index in [4.69, 9.17) is 18.5 Å². The van der Waals surface area contributed by atoms with E-state index in [0.29, 0.717) is 24.5 Å². The van der Waals surface area contributed by atoms with E-state index in [-0.39, 0.29) is 25.3 Å². The summed E-state index contributed by atoms with van der Waals surface area (Å²) in [6.45, 7) is 6.23. The topological polar surface area (TPSA) is 52.9 Å². The van der Waals surface area contributed by atoms with Crippen molar-refractivity contribution in [3.05, 3.63) is 77.6 Å². The summed E-state index contributed by atoms with van der Waals surface area (Å²) in [6, 6.07) is 17.0. The Balaban J connectivity index is 1.08. The molecule has 1 saturated heterocycles. The molecule has 3 aliphatic carbocycles. The molecular weight excluding hydrogens is 481 g/mol. The summed E-state index contributed by atoms with van der Waals surface area (Å²) in [4.78, 5) is 0. The van der Waals surface area contributed by atoms with Gasteiger partial charge in [-0.25, -0.2) is 0 Å². The van der Waals surface area contributed by atoms with Gasteiger partial charge in [0.1, 0.15) is 5.58 Å². The number of furan rings is 1. The maximum absolute atomic E-state index is 6.71. The molecule has 1 aromatic heterocycles. The average molecular weight is 515 g/mol. The molecule has 2 aromatic carbocycles. The summed E-state index contributed by atoms with van der Waals surface area (Å²) in [5.74, 6) is 2.24. The molecular formula is C30H34BNO4S. The van der Waals surface area contributed by atoms with Crippen molar-refractivity contribution in [2.24, 2.45) is 17.3 Å². The van der Waals surface area contributed by atoms with E-state index in [2.05, 4.69) is 61.0 Å². The Morgan fingerprint density at radius 2 is 2.03 bits per heavy atom. The highest BCUT2D eigenvalue weighted by molar-refractivity contribution is 7.96. The highest BCUT2D eigenvalue weighted by Crippen LogP contribution is 2.61. The first-order valence-electron chi connectivity index (χ1n) is 13.6. The number of nitrogens with one attached hydrogen (secondary N) is 1. The molecule has 3 aromatic rings. The molecule has 5 aliphatic rings. The smallest absolute Gasteiger partial charge is 0.464 e. The Labute approximate surface area is 223 Å². The molecule has 2 bridgehead atoms. The maximum atomic E-state index is 6.71. The van der Waals surface area contributed by atoms with Gasteiger partial charge >= 0.3 is 7.12 Å². The van der Waals surface area contributed by atoms with Gasteiger partial charge in [0.15, 0.2) is 0 Å². The first-order chi connectivity index (χ1) is 18.1. The third-order valence-corrected chi connectivity index (χ3v) is 10.2. The summed E-state index contributed by atoms with van der Waals surface area (Å²) in [6.07, 6.45) is 7.68. The van der Waals surface area contributed by atoms with Gasteiger partial charge in [-0.05, 0) is 64.8 Å². The van der Waals surface area contributed by atoms with Crippen LogP contribution in [0.5, 0.6) is 0 Å². The molecule has 0 spiro atoms. The van der Waals surface area contributed by atoms with Gasteiger partial charge in [-0.2, -0.15) is 0 Å². The van der Waals surface area contributed by atoms with Gasteiger partial charge in [-0.15, -0.1) is 0 Å². The van der Waals surface area contributed by atoms with E-state index in [0.717, 1.165) is 35.5 Å². The van der Waals surface area contributed by atoms with E-state index in [1.807, 2.05) is 18.4 Å². The molecule has 0 amide bonds. The van der Waals surface area contributed by atoms with Crippen molar-refractivity contribution in [1.82, 2.24) is 4.72 Å². The zero-order valence-corrected chi connectivity index (χ0v) is 22.3. The Morgan fingerprint density at radius 3 is 2.89 bits per heavy atom. The number of para-hydroxylation sites is 1. The number of rotatable bonds is 8. The molecule has 0 radical (unpaired) electrons. The Kier molecular flexibility index (Phi) is 6.25. The summed E-state index contributed by atoms with van der Waals surface area (Å²) in [5.41, 5.74) is 6.31. The molecule has 7 heteroatoms. The lowest BCUT2D eigenvalue weighted by Crippen LogP contribution is -2.59. The summed E-state index contributed by atoms with van der Waals surface area (Å²) in [5, 5.41) is 1.16. The highest BCUT2D eigenvalue weighted by atomic mass is 32.2. The van der Waals surface area contributed by atoms with Crippen molar-refractivity contribution in [2.45, 2.75) is 57.0 Å². The number of benzene rings is 2. The van der Waals surface area contributed by atoms with Crippen LogP contribution < -0.4 is 4.72 Å². The van der Waals surface area contributed by atoms with Gasteiger partial charge in [0.2, 0.25) is 0 Å². The first kappa shape index (κ1) is 24.0. The van der Waals surface area contributed by atoms with Gasteiger partial charge in [0, 0.05) is 11.1 Å². The lowest BCUT2D eigenvalue weighted by atomic mass is 9.47. The van der Waals surface area contributed by atoms with Crippen molar-refractivity contribution in [3.8, 4) is 0 Å². The number of hydrogen-bond donors (Lipinski definition) is 1. The normalized spacial score (nSPS) is 28.7. The van der Waals surface area contributed by atoms with Crippen molar-refractivity contribution >= 4 is 35.6 Å². The van der Waals surface area contributed by atoms with Crippen LogP contribution in [0.3, 0.4) is 0 Å². The lowest BCUT2D eigenvalue weighted by Gasteiger charge is -2.60. The first-order valence-corrected chi connectivity index (χ1v) is 14.5. The minimum Gasteiger partial charge on any atom is -0.464 e. The van der Waals surface area contributed by atoms with Crippen LogP contribution >= 0.6 is 11.9 Å². The minimum absolute atomic E-state index is 0.0195. The Bertz CT molecular complexity index is 1320. The molecule has 4 fully saturated rings. The van der Waals surface area contributed by atoms with Crippen LogP contribution in [0.1, 0.15) is 43.4 Å². The van der Waals surface area contributed by atoms with Crippen molar-refractivity contribution in [3.63, 3.8) is 0 Å². The molecule has 2 aliphatic heterocycles. The van der Waals surface area contributed by atoms with E-state index in [1.165, 1.54) is 28.7 Å². The quantitative estimate of drug-likeness (QED) is 0.290. The fraction of sp³-hybridized carbons (Fsp3) is 0.467. The number of ether oxygens (including phenoxy) is 1. The third-order valence-electron chi connectivity index (χ3n) is 9.23. The maximum Gasteiger partial charge on any atom is 0.477 e. The summed E-state index contributed by atoms with van der Waals surface area (Å²) < 4.78 is 28.5. The van der Waals surface area contributed by atoms with Crippen LogP contribution in [-0.4, -0.2) is 38.5 Å². The molecule has 37 heavy (non-hydrogen) atoms. The molecule has 5 unspecified atom stereocenters. The van der Waals surface area contributed by atoms with Crippen LogP contribution in [0.25, 0.3) is 16.5 Å². The molecule has 5 nitrogen and oxygen atoms in total. The molecule has 1 N–H and O–H groups in total. The van der Waals surface area contributed by atoms with Crippen LogP contribution in [0.15, 0.2) is 65.3 Å². The molecule has 192 valence electrons. The van der Waals surface area contributed by atoms with Crippen LogP contribution in [-0.2, 0) is 26.2 Å². The molecule has 3 heterocycles. The van der Waals surface area contributed by atoms with E-state index >= 15 is 0 Å². The SMILES string of the molecule is CC1(C)C2CC3OB(C(Cc4coc5ccccc45)NSCc4cccc(C5=CCOC5)c4)OC3C1C2. The fourth-order valence-corrected chi connectivity index (χ4v) is 7.69. The zero-order chi connectivity index (χ0) is 25.0. The predicted molar refractivity (Wildman–Crippen MR) is 149 cm³/mol. The largest absolute Gasteiger partial charge is 0.477 e. The van der Waals surface area contributed by atoms with Crippen LogP contribution in [0, 0.1) is 17.3 Å². The Morgan fingerprint density at radius 1 is 1.11 bits per heavy atom. The fourth-order valence-electron chi connectivity index (χ4n) is 6.85. The predicted octanol–water partition coefficient (Wildman–Crippen LogP) is 6.07. The summed E-state index contributed by atoms with van der Waals surface area (Å²) in [7, 11) is -0.265. The van der Waals surface area contributed by atoms with Crippen LogP contribution in [0.2, 0.25) is 0 Å². The summed E-state index contributed by atoms with van der Waals surface area (Å²) >= 11 is 1.73. The second kappa shape index (κ2) is 9.62. The lowest BCUT2D eigenvalue weighted by molar-refractivity contribution is -0.150. The minimum atomic E-state index is -0.265. The molecule has 5 atom stereocenters. The molecule has 3 saturated carbocycles. The van der Waals surface area contributed by atoms with Crippen molar-refractivity contribution < 1.29 is 18.5 Å². The van der Waals surface area contributed by atoms with E-state index in [1.54, 1.807) is 11.9 Å². The second-order valence-corrected chi connectivity index (χ2v) is 12.5. The highest BCUT2D eigenvalue weighted by Gasteiger charge is 2.62. The standard InChI is InChI=1S/C30H34BNO4S/c1-30(2)23-14-25(30)29-27(15-23)35-31(36-29)28(13-22-17-34-26-9-4-3-8-24(22)26)32-37-18-19-6-5-7-20(12-19)21-10-11-33-16-21/h3-10,12,17,23,25,27-29,32H,11,13-16,18H2,1-2H3. The van der Waals surface area contributed by atoms with Gasteiger partial charge in [-0.3, -0.25) is 4.72 Å². The monoisotopic (exact) mass is 515 g/mol. The van der Waals surface area contributed by atoms with E-state index < -0.39 is 0 Å². The van der Waals surface area contributed by atoms with E-state index in [9.17, 15) is 0 Å². The van der Waals surface area contributed by atoms with Gasteiger partial charge < -0.3 is 18.5 Å². The Hall–Kier alpha value is -2.03. The van der Waals surface area contributed by atoms with Crippen molar-refractivity contribution in [1.29, 1.82) is 0 Å². The second-order valence-electron chi connectivity index (χ2n) is 11.7. The van der Waals surface area contributed by atoms with Crippen LogP contribution in [0.4, 0.5) is 0 Å². The number of fused-ring (bicyclic) bond motifs is 1. The van der Waals surface area contributed by atoms with Crippen molar-refractivity contribution in [2.75, 3.05) is 13.2 Å². The van der Waals surface area contributed by atoms with Gasteiger partial charge in [0.05, 0.1) is 37.6 Å². The van der Waals surface area contributed by atoms with Gasteiger partial charge in [-0.1, -0.05) is 74.3 Å².